The topological polar surface area (TPSA) is 28.7 Å². The minimum Gasteiger partial charge on any atom is -0.347 e. The molecule has 3 rings (SSSR count). The lowest BCUT2D eigenvalue weighted by Crippen LogP contribution is -2.00. The summed E-state index contributed by atoms with van der Waals surface area (Å²) in [6, 6.07) is 14.9. The standard InChI is InChI=1S/C16H15ClN2.ClH/c1-11(16-15(9-17)18-10-19-16)13-7-6-12-4-2-3-5-14(12)8-13;/h2-8,10-11H,9H2,1H3,(H,18,19);1H. The molecule has 20 heavy (non-hydrogen) atoms. The van der Waals surface area contributed by atoms with Crippen molar-refractivity contribution in [3.8, 4) is 0 Å². The van der Waals surface area contributed by atoms with E-state index in [-0.39, 0.29) is 18.3 Å². The van der Waals surface area contributed by atoms with Crippen LogP contribution in [0.5, 0.6) is 0 Å². The van der Waals surface area contributed by atoms with E-state index in [4.69, 9.17) is 11.6 Å². The van der Waals surface area contributed by atoms with Gasteiger partial charge in [0.2, 0.25) is 0 Å². The van der Waals surface area contributed by atoms with Crippen LogP contribution in [0.4, 0.5) is 0 Å². The molecule has 0 fully saturated rings. The van der Waals surface area contributed by atoms with Crippen LogP contribution in [-0.4, -0.2) is 9.97 Å². The van der Waals surface area contributed by atoms with Gasteiger partial charge in [0.1, 0.15) is 0 Å². The molecule has 0 radical (unpaired) electrons. The summed E-state index contributed by atoms with van der Waals surface area (Å²) in [6.07, 6.45) is 1.71. The Morgan fingerprint density at radius 1 is 1.15 bits per heavy atom. The van der Waals surface area contributed by atoms with E-state index in [1.807, 2.05) is 0 Å². The molecule has 1 heterocycles. The second-order valence-corrected chi connectivity index (χ2v) is 5.00. The fourth-order valence-electron chi connectivity index (χ4n) is 2.45. The average molecular weight is 307 g/mol. The maximum Gasteiger partial charge on any atom is 0.0925 e. The van der Waals surface area contributed by atoms with Crippen LogP contribution in [0.25, 0.3) is 10.8 Å². The van der Waals surface area contributed by atoms with Gasteiger partial charge in [0, 0.05) is 5.92 Å². The number of nitrogens with one attached hydrogen (secondary N) is 1. The van der Waals surface area contributed by atoms with Gasteiger partial charge in [-0.1, -0.05) is 49.4 Å². The molecule has 3 aromatic rings. The highest BCUT2D eigenvalue weighted by Gasteiger charge is 2.15. The molecule has 0 spiro atoms. The van der Waals surface area contributed by atoms with E-state index >= 15 is 0 Å². The molecular formula is C16H16Cl2N2. The molecule has 2 nitrogen and oxygen atoms in total. The normalized spacial score (nSPS) is 12.1. The van der Waals surface area contributed by atoms with E-state index in [2.05, 4.69) is 59.4 Å². The number of alkyl halides is 1. The van der Waals surface area contributed by atoms with Crippen LogP contribution >= 0.6 is 24.0 Å². The van der Waals surface area contributed by atoms with Gasteiger partial charge in [-0.2, -0.15) is 0 Å². The molecule has 1 unspecified atom stereocenters. The van der Waals surface area contributed by atoms with Crippen LogP contribution in [-0.2, 0) is 5.88 Å². The van der Waals surface area contributed by atoms with E-state index in [1.165, 1.54) is 16.3 Å². The summed E-state index contributed by atoms with van der Waals surface area (Å²) < 4.78 is 0. The van der Waals surface area contributed by atoms with Gasteiger partial charge in [-0.15, -0.1) is 24.0 Å². The number of fused-ring (bicyclic) bond motifs is 1. The molecule has 0 saturated heterocycles. The van der Waals surface area contributed by atoms with Crippen molar-refractivity contribution in [2.24, 2.45) is 0 Å². The number of aromatic nitrogens is 2. The molecule has 2 aromatic carbocycles. The number of rotatable bonds is 3. The lowest BCUT2D eigenvalue weighted by atomic mass is 9.94. The molecule has 0 aliphatic rings. The first kappa shape index (κ1) is 14.9. The third-order valence-electron chi connectivity index (χ3n) is 3.57. The Balaban J connectivity index is 0.00000147. The number of nitrogens with zero attached hydrogens (tertiary/aromatic N) is 1. The predicted octanol–water partition coefficient (Wildman–Crippen LogP) is 4.88. The zero-order valence-electron chi connectivity index (χ0n) is 11.1. The fraction of sp³-hybridized carbons (Fsp3) is 0.188. The van der Waals surface area contributed by atoms with Crippen LogP contribution in [0.2, 0.25) is 0 Å². The van der Waals surface area contributed by atoms with E-state index in [1.54, 1.807) is 6.33 Å². The van der Waals surface area contributed by atoms with Gasteiger partial charge in [-0.3, -0.25) is 0 Å². The van der Waals surface area contributed by atoms with Crippen molar-refractivity contribution in [1.82, 2.24) is 9.97 Å². The van der Waals surface area contributed by atoms with Gasteiger partial charge in [-0.25, -0.2) is 4.98 Å². The highest BCUT2D eigenvalue weighted by molar-refractivity contribution is 6.17. The Morgan fingerprint density at radius 2 is 1.90 bits per heavy atom. The molecule has 1 atom stereocenters. The van der Waals surface area contributed by atoms with Gasteiger partial charge in [-0.05, 0) is 16.3 Å². The number of aromatic amines is 1. The third kappa shape index (κ3) is 2.67. The van der Waals surface area contributed by atoms with E-state index in [0.29, 0.717) is 5.88 Å². The SMILES string of the molecule is CC(c1ccc2ccccc2c1)c1nc[nH]c1CCl.Cl. The maximum absolute atomic E-state index is 5.93. The summed E-state index contributed by atoms with van der Waals surface area (Å²) in [6.45, 7) is 2.16. The van der Waals surface area contributed by atoms with Crippen molar-refractivity contribution < 1.29 is 0 Å². The molecule has 104 valence electrons. The molecule has 1 N–H and O–H groups in total. The van der Waals surface area contributed by atoms with Crippen LogP contribution in [0.1, 0.15) is 29.8 Å². The van der Waals surface area contributed by atoms with Gasteiger partial charge in [0.15, 0.2) is 0 Å². The quantitative estimate of drug-likeness (QED) is 0.687. The number of benzene rings is 2. The summed E-state index contributed by atoms with van der Waals surface area (Å²) in [7, 11) is 0. The van der Waals surface area contributed by atoms with Gasteiger partial charge < -0.3 is 4.98 Å². The molecule has 1 aromatic heterocycles. The minimum absolute atomic E-state index is 0. The number of halogens is 2. The fourth-order valence-corrected chi connectivity index (χ4v) is 2.66. The first-order valence-electron chi connectivity index (χ1n) is 6.36. The first-order chi connectivity index (χ1) is 9.29. The van der Waals surface area contributed by atoms with Crippen LogP contribution in [0, 0.1) is 0 Å². The van der Waals surface area contributed by atoms with Crippen molar-refractivity contribution in [2.75, 3.05) is 0 Å². The van der Waals surface area contributed by atoms with Crippen LogP contribution in [0.3, 0.4) is 0 Å². The van der Waals surface area contributed by atoms with Crippen molar-refractivity contribution in [3.05, 3.63) is 65.7 Å². The monoisotopic (exact) mass is 306 g/mol. The highest BCUT2D eigenvalue weighted by Crippen LogP contribution is 2.28. The van der Waals surface area contributed by atoms with E-state index in [0.717, 1.165) is 11.4 Å². The van der Waals surface area contributed by atoms with Crippen molar-refractivity contribution in [2.45, 2.75) is 18.7 Å². The Kier molecular flexibility index (Phi) is 4.69. The van der Waals surface area contributed by atoms with Gasteiger partial charge in [0.05, 0.1) is 23.6 Å². The third-order valence-corrected chi connectivity index (χ3v) is 3.84. The lowest BCUT2D eigenvalue weighted by Gasteiger charge is -2.12. The molecule has 0 saturated carbocycles. The second-order valence-electron chi connectivity index (χ2n) is 4.73. The lowest BCUT2D eigenvalue weighted by molar-refractivity contribution is 0.870. The van der Waals surface area contributed by atoms with Crippen LogP contribution in [0.15, 0.2) is 48.8 Å². The summed E-state index contributed by atoms with van der Waals surface area (Å²) in [5, 5.41) is 2.52. The van der Waals surface area contributed by atoms with E-state index in [9.17, 15) is 0 Å². The average Bonchev–Trinajstić information content (AvgIpc) is 2.94. The maximum atomic E-state index is 5.93. The van der Waals surface area contributed by atoms with E-state index < -0.39 is 0 Å². The van der Waals surface area contributed by atoms with Crippen molar-refractivity contribution in [1.29, 1.82) is 0 Å². The molecular weight excluding hydrogens is 291 g/mol. The summed E-state index contributed by atoms with van der Waals surface area (Å²) in [5.74, 6) is 0.706. The number of H-pyrrole nitrogens is 1. The summed E-state index contributed by atoms with van der Waals surface area (Å²) in [5.41, 5.74) is 3.30. The van der Waals surface area contributed by atoms with Gasteiger partial charge in [0.25, 0.3) is 0 Å². The Hall–Kier alpha value is -1.51. The van der Waals surface area contributed by atoms with Crippen LogP contribution < -0.4 is 0 Å². The Morgan fingerprint density at radius 3 is 2.65 bits per heavy atom. The minimum atomic E-state index is 0. The zero-order valence-corrected chi connectivity index (χ0v) is 12.7. The first-order valence-corrected chi connectivity index (χ1v) is 6.90. The molecule has 4 heteroatoms. The van der Waals surface area contributed by atoms with Crippen molar-refractivity contribution in [3.63, 3.8) is 0 Å². The molecule has 0 aliphatic heterocycles. The smallest absolute Gasteiger partial charge is 0.0925 e. The number of hydrogen-bond donors (Lipinski definition) is 1. The summed E-state index contributed by atoms with van der Waals surface area (Å²) in [4.78, 5) is 7.50. The second kappa shape index (κ2) is 6.29. The largest absolute Gasteiger partial charge is 0.347 e. The molecule has 0 amide bonds. The highest BCUT2D eigenvalue weighted by atomic mass is 35.5. The Bertz CT molecular complexity index is 706. The van der Waals surface area contributed by atoms with Crippen molar-refractivity contribution >= 4 is 34.8 Å². The molecule has 0 bridgehead atoms. The molecule has 0 aliphatic carbocycles. The Labute approximate surface area is 129 Å². The zero-order chi connectivity index (χ0) is 13.2. The predicted molar refractivity (Wildman–Crippen MR) is 86.9 cm³/mol. The van der Waals surface area contributed by atoms with Gasteiger partial charge >= 0.3 is 0 Å². The summed E-state index contributed by atoms with van der Waals surface area (Å²) >= 11 is 5.93. The number of imidazole rings is 1. The number of hydrogen-bond acceptors (Lipinski definition) is 1.